The van der Waals surface area contributed by atoms with Gasteiger partial charge in [-0.2, -0.15) is 5.26 Å². The van der Waals surface area contributed by atoms with Gasteiger partial charge in [0, 0.05) is 13.0 Å². The van der Waals surface area contributed by atoms with Crippen molar-refractivity contribution in [3.8, 4) is 6.07 Å². The first-order chi connectivity index (χ1) is 10.1. The number of quaternary nitrogens is 1. The first kappa shape index (κ1) is 16.0. The molecule has 2 N–H and O–H groups in total. The van der Waals surface area contributed by atoms with Crippen LogP contribution in [0.3, 0.4) is 0 Å². The Labute approximate surface area is 126 Å². The maximum absolute atomic E-state index is 12.1. The second kappa shape index (κ2) is 7.55. The predicted octanol–water partition coefficient (Wildman–Crippen LogP) is 0.295. The van der Waals surface area contributed by atoms with E-state index in [0.717, 1.165) is 13.0 Å². The molecule has 1 aliphatic heterocycles. The molecule has 0 saturated carbocycles. The first-order valence-corrected chi connectivity index (χ1v) is 8.93. The molecule has 2 rings (SSSR count). The number of nitriles is 1. The summed E-state index contributed by atoms with van der Waals surface area (Å²) in [6.45, 7) is 3.87. The van der Waals surface area contributed by atoms with Crippen LogP contribution in [0, 0.1) is 11.3 Å². The Kier molecular flexibility index (Phi) is 5.74. The smallest absolute Gasteiger partial charge is 0.240 e. The van der Waals surface area contributed by atoms with E-state index in [4.69, 9.17) is 5.26 Å². The van der Waals surface area contributed by atoms with Crippen LogP contribution in [0.25, 0.3) is 0 Å². The molecule has 0 unspecified atom stereocenters. The minimum Gasteiger partial charge on any atom is -0.335 e. The van der Waals surface area contributed by atoms with E-state index in [1.165, 1.54) is 44.5 Å². The van der Waals surface area contributed by atoms with Crippen LogP contribution in [0.1, 0.15) is 31.2 Å². The fourth-order valence-electron chi connectivity index (χ4n) is 2.66. The maximum Gasteiger partial charge on any atom is 0.240 e. The first-order valence-electron chi connectivity index (χ1n) is 7.45. The van der Waals surface area contributed by atoms with Gasteiger partial charge in [0.1, 0.15) is 0 Å². The second-order valence-corrected chi connectivity index (χ2v) is 7.22. The minimum atomic E-state index is -3.51. The molecular weight excluding hydrogens is 286 g/mol. The third-order valence-corrected chi connectivity index (χ3v) is 5.29. The third kappa shape index (κ3) is 4.81. The van der Waals surface area contributed by atoms with Gasteiger partial charge in [0.05, 0.1) is 36.2 Å². The second-order valence-electron chi connectivity index (χ2n) is 5.45. The molecule has 1 heterocycles. The molecule has 1 aliphatic rings. The minimum absolute atomic E-state index is 0.159. The Balaban J connectivity index is 1.82. The van der Waals surface area contributed by atoms with Crippen LogP contribution in [0.15, 0.2) is 29.2 Å². The molecule has 0 atom stereocenters. The summed E-state index contributed by atoms with van der Waals surface area (Å²) >= 11 is 0. The quantitative estimate of drug-likeness (QED) is 0.742. The van der Waals surface area contributed by atoms with Crippen LogP contribution in [0.4, 0.5) is 0 Å². The van der Waals surface area contributed by atoms with Crippen LogP contribution < -0.4 is 9.62 Å². The number of benzene rings is 1. The SMILES string of the molecule is N#Cc1cccc(S(=O)(=O)NCCC[NH+]2CCCCC2)c1. The monoisotopic (exact) mass is 308 g/mol. The van der Waals surface area contributed by atoms with Crippen molar-refractivity contribution in [2.75, 3.05) is 26.2 Å². The van der Waals surface area contributed by atoms with Gasteiger partial charge in [-0.05, 0) is 37.5 Å². The summed E-state index contributed by atoms with van der Waals surface area (Å²) in [5, 5.41) is 8.82. The van der Waals surface area contributed by atoms with E-state index in [1.54, 1.807) is 17.0 Å². The standard InChI is InChI=1S/C15H21N3O2S/c16-13-14-6-4-7-15(12-14)21(19,20)17-8-5-11-18-9-2-1-3-10-18/h4,6-7,12,17H,1-3,5,8-11H2/p+1. The number of hydrogen-bond acceptors (Lipinski definition) is 3. The molecule has 0 spiro atoms. The normalized spacial score (nSPS) is 16.5. The van der Waals surface area contributed by atoms with E-state index >= 15 is 0 Å². The zero-order valence-electron chi connectivity index (χ0n) is 12.1. The maximum atomic E-state index is 12.1. The van der Waals surface area contributed by atoms with Gasteiger partial charge in [-0.25, -0.2) is 13.1 Å². The molecule has 0 aromatic heterocycles. The Morgan fingerprint density at radius 3 is 2.71 bits per heavy atom. The molecule has 0 bridgehead atoms. The topological polar surface area (TPSA) is 74.4 Å². The van der Waals surface area contributed by atoms with E-state index in [2.05, 4.69) is 4.72 Å². The molecule has 114 valence electrons. The van der Waals surface area contributed by atoms with Crippen LogP contribution in [-0.2, 0) is 10.0 Å². The van der Waals surface area contributed by atoms with Crippen LogP contribution in [0.5, 0.6) is 0 Å². The average molecular weight is 308 g/mol. The van der Waals surface area contributed by atoms with Crippen molar-refractivity contribution in [1.82, 2.24) is 4.72 Å². The Hall–Kier alpha value is -1.42. The summed E-state index contributed by atoms with van der Waals surface area (Å²) in [5.74, 6) is 0. The molecule has 0 aliphatic carbocycles. The van der Waals surface area contributed by atoms with Crippen molar-refractivity contribution in [2.24, 2.45) is 0 Å². The van der Waals surface area contributed by atoms with Gasteiger partial charge in [0.15, 0.2) is 0 Å². The summed E-state index contributed by atoms with van der Waals surface area (Å²) < 4.78 is 26.9. The number of piperidine rings is 1. The van der Waals surface area contributed by atoms with Gasteiger partial charge in [-0.15, -0.1) is 0 Å². The lowest BCUT2D eigenvalue weighted by molar-refractivity contribution is -0.904. The Bertz CT molecular complexity index is 602. The largest absolute Gasteiger partial charge is 0.335 e. The highest BCUT2D eigenvalue weighted by Gasteiger charge is 2.16. The van der Waals surface area contributed by atoms with E-state index in [1.807, 2.05) is 6.07 Å². The predicted molar refractivity (Wildman–Crippen MR) is 80.4 cm³/mol. The molecule has 6 heteroatoms. The Morgan fingerprint density at radius 2 is 2.00 bits per heavy atom. The van der Waals surface area contributed by atoms with Crippen molar-refractivity contribution >= 4 is 10.0 Å². The van der Waals surface area contributed by atoms with Gasteiger partial charge in [0.2, 0.25) is 10.0 Å². The highest BCUT2D eigenvalue weighted by atomic mass is 32.2. The lowest BCUT2D eigenvalue weighted by atomic mass is 10.1. The molecule has 0 amide bonds. The van der Waals surface area contributed by atoms with E-state index in [9.17, 15) is 8.42 Å². The summed E-state index contributed by atoms with van der Waals surface area (Å²) in [6, 6.07) is 8.05. The van der Waals surface area contributed by atoms with Crippen LogP contribution in [0.2, 0.25) is 0 Å². The molecule has 1 aromatic rings. The number of sulfonamides is 1. The van der Waals surface area contributed by atoms with Crippen LogP contribution in [-0.4, -0.2) is 34.6 Å². The van der Waals surface area contributed by atoms with E-state index in [0.29, 0.717) is 12.1 Å². The molecule has 1 aromatic carbocycles. The van der Waals surface area contributed by atoms with E-state index in [-0.39, 0.29) is 4.90 Å². The highest BCUT2D eigenvalue weighted by molar-refractivity contribution is 7.89. The van der Waals surface area contributed by atoms with Crippen molar-refractivity contribution in [3.63, 3.8) is 0 Å². The average Bonchev–Trinajstić information content (AvgIpc) is 2.53. The zero-order chi connectivity index (χ0) is 15.1. The third-order valence-electron chi connectivity index (χ3n) is 3.83. The summed E-state index contributed by atoms with van der Waals surface area (Å²) in [7, 11) is -3.51. The fraction of sp³-hybridized carbons (Fsp3) is 0.533. The Morgan fingerprint density at radius 1 is 1.24 bits per heavy atom. The number of likely N-dealkylation sites (tertiary alicyclic amines) is 1. The van der Waals surface area contributed by atoms with Crippen molar-refractivity contribution in [2.45, 2.75) is 30.6 Å². The van der Waals surface area contributed by atoms with E-state index < -0.39 is 10.0 Å². The van der Waals surface area contributed by atoms with Gasteiger partial charge in [0.25, 0.3) is 0 Å². The highest BCUT2D eigenvalue weighted by Crippen LogP contribution is 2.10. The zero-order valence-corrected chi connectivity index (χ0v) is 13.0. The number of nitrogens with one attached hydrogen (secondary N) is 2. The molecule has 1 saturated heterocycles. The molecular formula is C15H22N3O2S+. The number of rotatable bonds is 6. The van der Waals surface area contributed by atoms with Gasteiger partial charge in [-0.3, -0.25) is 0 Å². The molecule has 0 radical (unpaired) electrons. The molecule has 1 fully saturated rings. The summed E-state index contributed by atoms with van der Waals surface area (Å²) in [6.07, 6.45) is 4.72. The van der Waals surface area contributed by atoms with Gasteiger partial charge < -0.3 is 4.90 Å². The number of hydrogen-bond donors (Lipinski definition) is 2. The van der Waals surface area contributed by atoms with Gasteiger partial charge >= 0.3 is 0 Å². The summed E-state index contributed by atoms with van der Waals surface area (Å²) in [4.78, 5) is 1.73. The van der Waals surface area contributed by atoms with Crippen LogP contribution >= 0.6 is 0 Å². The van der Waals surface area contributed by atoms with Crippen molar-refractivity contribution < 1.29 is 13.3 Å². The van der Waals surface area contributed by atoms with Crippen molar-refractivity contribution in [1.29, 1.82) is 5.26 Å². The molecule has 5 nitrogen and oxygen atoms in total. The lowest BCUT2D eigenvalue weighted by Crippen LogP contribution is -3.12. The number of nitrogens with zero attached hydrogens (tertiary/aromatic N) is 1. The summed E-state index contributed by atoms with van der Waals surface area (Å²) in [5.41, 5.74) is 0.357. The molecule has 21 heavy (non-hydrogen) atoms. The lowest BCUT2D eigenvalue weighted by Gasteiger charge is -2.23. The van der Waals surface area contributed by atoms with Gasteiger partial charge in [-0.1, -0.05) is 6.07 Å². The fourth-order valence-corrected chi connectivity index (χ4v) is 3.78. The van der Waals surface area contributed by atoms with Crippen molar-refractivity contribution in [3.05, 3.63) is 29.8 Å².